The zero-order chi connectivity index (χ0) is 32.8. The van der Waals surface area contributed by atoms with Crippen molar-refractivity contribution in [2.45, 2.75) is 50.9 Å². The molecule has 1 amide bonds. The zero-order valence-corrected chi connectivity index (χ0v) is 28.6. The van der Waals surface area contributed by atoms with E-state index in [1.54, 1.807) is 19.2 Å². The van der Waals surface area contributed by atoms with E-state index in [0.717, 1.165) is 64.4 Å². The maximum Gasteiger partial charge on any atom is 0.254 e. The smallest absolute Gasteiger partial charge is 0.254 e. The van der Waals surface area contributed by atoms with Crippen LogP contribution in [-0.4, -0.2) is 64.3 Å². The van der Waals surface area contributed by atoms with Gasteiger partial charge in [-0.05, 0) is 85.4 Å². The van der Waals surface area contributed by atoms with Crippen molar-refractivity contribution in [3.05, 3.63) is 64.7 Å². The van der Waals surface area contributed by atoms with E-state index in [9.17, 15) is 13.2 Å². The van der Waals surface area contributed by atoms with Crippen molar-refractivity contribution in [3.8, 4) is 28.5 Å². The largest absolute Gasteiger partial charge is 0.494 e. The molecule has 3 fully saturated rings. The third kappa shape index (κ3) is 5.30. The number of ether oxygens (including phenoxy) is 1. The Labute approximate surface area is 279 Å². The predicted molar refractivity (Wildman–Crippen MR) is 184 cm³/mol. The number of hydrogen-bond donors (Lipinski definition) is 0. The Kier molecular flexibility index (Phi) is 7.18. The molecule has 1 aliphatic heterocycles. The number of nitrogens with zero attached hydrogens (tertiary/aromatic N) is 5. The summed E-state index contributed by atoms with van der Waals surface area (Å²) >= 11 is 6.68. The molecule has 2 aromatic carbocycles. The van der Waals surface area contributed by atoms with Gasteiger partial charge in [0.25, 0.3) is 5.91 Å². The van der Waals surface area contributed by atoms with Gasteiger partial charge >= 0.3 is 0 Å². The molecule has 3 aliphatic rings. The Morgan fingerprint density at radius 1 is 1.04 bits per heavy atom. The summed E-state index contributed by atoms with van der Waals surface area (Å²) in [6.45, 7) is 3.91. The molecular weight excluding hydrogens is 634 g/mol. The fraction of sp³-hybridized carbons (Fsp3) is 0.417. The van der Waals surface area contributed by atoms with Crippen molar-refractivity contribution < 1.29 is 17.9 Å². The van der Waals surface area contributed by atoms with Gasteiger partial charge in [-0.3, -0.25) is 4.79 Å². The van der Waals surface area contributed by atoms with Gasteiger partial charge in [0.15, 0.2) is 15.7 Å². The lowest BCUT2D eigenvalue weighted by Crippen LogP contribution is -2.38. The van der Waals surface area contributed by atoms with Gasteiger partial charge in [-0.15, -0.1) is 0 Å². The van der Waals surface area contributed by atoms with Gasteiger partial charge in [0.1, 0.15) is 16.9 Å². The lowest BCUT2D eigenvalue weighted by molar-refractivity contribution is 0.0696. The van der Waals surface area contributed by atoms with E-state index < -0.39 is 9.84 Å². The lowest BCUT2D eigenvalue weighted by atomic mass is 10.0. The first kappa shape index (κ1) is 30.4. The maximum absolute atomic E-state index is 13.8. The Morgan fingerprint density at radius 2 is 1.85 bits per heavy atom. The van der Waals surface area contributed by atoms with Gasteiger partial charge in [0.2, 0.25) is 0 Å². The SMILES string of the molecule is COc1cc(C(=O)N2CC3CCC2[C@@H]3C)cc2nc(-c3cc4ccc(-c5ccc(CS(C)(=O)=O)cc5Cl)nc4n3CC3CC3)n(C)c12. The minimum Gasteiger partial charge on any atom is -0.494 e. The molecule has 244 valence electrons. The fourth-order valence-electron chi connectivity index (χ4n) is 7.89. The molecule has 0 radical (unpaired) electrons. The summed E-state index contributed by atoms with van der Waals surface area (Å²) < 4.78 is 33.8. The summed E-state index contributed by atoms with van der Waals surface area (Å²) in [6.07, 6.45) is 5.84. The number of aromatic nitrogens is 4. The van der Waals surface area contributed by atoms with Crippen LogP contribution in [0, 0.1) is 17.8 Å². The number of imidazole rings is 1. The molecule has 9 nitrogen and oxygen atoms in total. The molecule has 2 saturated carbocycles. The number of piperidine rings is 1. The van der Waals surface area contributed by atoms with Gasteiger partial charge < -0.3 is 18.8 Å². The van der Waals surface area contributed by atoms with Crippen LogP contribution in [0.2, 0.25) is 5.02 Å². The second-order valence-corrected chi connectivity index (χ2v) is 16.4. The van der Waals surface area contributed by atoms with Crippen molar-refractivity contribution in [3.63, 3.8) is 0 Å². The van der Waals surface area contributed by atoms with Crippen molar-refractivity contribution in [2.24, 2.45) is 24.8 Å². The number of likely N-dealkylation sites (tertiary alicyclic amines) is 1. The number of hydrogen-bond acceptors (Lipinski definition) is 6. The average Bonchev–Trinajstić information content (AvgIpc) is 3.44. The molecule has 1 saturated heterocycles. The molecule has 0 N–H and O–H groups in total. The maximum atomic E-state index is 13.8. The van der Waals surface area contributed by atoms with Gasteiger partial charge in [-0.2, -0.15) is 0 Å². The number of rotatable bonds is 8. The number of sulfone groups is 1. The van der Waals surface area contributed by atoms with Crippen molar-refractivity contribution in [1.29, 1.82) is 0 Å². The highest BCUT2D eigenvalue weighted by Crippen LogP contribution is 2.44. The Bertz CT molecular complexity index is 2200. The van der Waals surface area contributed by atoms with Crippen LogP contribution in [0.3, 0.4) is 0 Å². The van der Waals surface area contributed by atoms with Crippen molar-refractivity contribution >= 4 is 49.4 Å². The van der Waals surface area contributed by atoms with Crippen LogP contribution < -0.4 is 4.74 Å². The van der Waals surface area contributed by atoms with Crippen molar-refractivity contribution in [2.75, 3.05) is 19.9 Å². The number of pyridine rings is 1. The molecule has 2 unspecified atom stereocenters. The Hall–Kier alpha value is -3.89. The van der Waals surface area contributed by atoms with Crippen LogP contribution >= 0.6 is 11.6 Å². The summed E-state index contributed by atoms with van der Waals surface area (Å²) in [5.74, 6) is 3.10. The van der Waals surface area contributed by atoms with Crippen LogP contribution in [0.15, 0.2) is 48.5 Å². The molecule has 0 spiro atoms. The lowest BCUT2D eigenvalue weighted by Gasteiger charge is -2.27. The second-order valence-electron chi connectivity index (χ2n) is 13.8. The van der Waals surface area contributed by atoms with Crippen LogP contribution in [-0.2, 0) is 29.2 Å². The monoisotopic (exact) mass is 671 g/mol. The van der Waals surface area contributed by atoms with Gasteiger partial charge in [-0.25, -0.2) is 18.4 Å². The molecule has 8 rings (SSSR count). The molecule has 47 heavy (non-hydrogen) atoms. The first-order valence-electron chi connectivity index (χ1n) is 16.3. The normalized spacial score (nSPS) is 21.0. The van der Waals surface area contributed by atoms with Crippen LogP contribution in [0.4, 0.5) is 0 Å². The molecule has 3 atom stereocenters. The summed E-state index contributed by atoms with van der Waals surface area (Å²) in [7, 11) is 0.455. The van der Waals surface area contributed by atoms with E-state index in [-0.39, 0.29) is 11.7 Å². The molecule has 4 heterocycles. The summed E-state index contributed by atoms with van der Waals surface area (Å²) in [5, 5.41) is 1.45. The highest BCUT2D eigenvalue weighted by Gasteiger charge is 2.46. The summed E-state index contributed by atoms with van der Waals surface area (Å²) in [6, 6.07) is 15.6. The molecule has 5 aromatic rings. The number of benzene rings is 2. The third-order valence-electron chi connectivity index (χ3n) is 10.5. The summed E-state index contributed by atoms with van der Waals surface area (Å²) in [4.78, 5) is 26.1. The molecule has 11 heteroatoms. The quantitative estimate of drug-likeness (QED) is 0.181. The topological polar surface area (TPSA) is 99.3 Å². The van der Waals surface area contributed by atoms with E-state index >= 15 is 0 Å². The first-order valence-corrected chi connectivity index (χ1v) is 18.8. The number of aryl methyl sites for hydroxylation is 1. The number of fused-ring (bicyclic) bond motifs is 4. The third-order valence-corrected chi connectivity index (χ3v) is 11.7. The number of carbonyl (C=O) groups excluding carboxylic acids is 1. The van der Waals surface area contributed by atoms with E-state index in [1.165, 1.54) is 25.5 Å². The highest BCUT2D eigenvalue weighted by molar-refractivity contribution is 7.89. The Morgan fingerprint density at radius 3 is 2.51 bits per heavy atom. The second kappa shape index (κ2) is 11.1. The molecule has 2 aliphatic carbocycles. The summed E-state index contributed by atoms with van der Waals surface area (Å²) in [5.41, 5.74) is 6.08. The standard InChI is InChI=1S/C36H38ClN5O4S/c1-20-24-9-12-30(20)42(18-24)36(43)25-14-29-33(32(16-25)46-3)40(2)35(39-29)31-15-23-8-11-28(38-34(23)41(31)17-21-5-6-21)26-10-7-22(13-27(26)37)19-47(4,44)45/h7-8,10-11,13-16,20-21,24,30H,5-6,9,12,17-19H2,1-4H3/t20-,24?,30?/m1/s1. The van der Waals surface area contributed by atoms with E-state index in [4.69, 9.17) is 26.3 Å². The van der Waals surface area contributed by atoms with Gasteiger partial charge in [0, 0.05) is 48.9 Å². The number of methoxy groups -OCH3 is 1. The van der Waals surface area contributed by atoms with Crippen LogP contribution in [0.5, 0.6) is 5.75 Å². The molecular formula is C36H38ClN5O4S. The highest BCUT2D eigenvalue weighted by atomic mass is 35.5. The first-order chi connectivity index (χ1) is 22.5. The minimum absolute atomic E-state index is 0.0547. The fourth-order valence-corrected chi connectivity index (χ4v) is 8.98. The molecule has 3 aromatic heterocycles. The number of halogens is 1. The van der Waals surface area contributed by atoms with Crippen LogP contribution in [0.1, 0.15) is 48.5 Å². The van der Waals surface area contributed by atoms with E-state index in [1.807, 2.05) is 31.3 Å². The van der Waals surface area contributed by atoms with Crippen molar-refractivity contribution in [1.82, 2.24) is 24.0 Å². The van der Waals surface area contributed by atoms with E-state index in [2.05, 4.69) is 33.1 Å². The minimum atomic E-state index is -3.18. The predicted octanol–water partition coefficient (Wildman–Crippen LogP) is 6.74. The van der Waals surface area contributed by atoms with Crippen LogP contribution in [0.25, 0.3) is 44.8 Å². The number of carbonyl (C=O) groups is 1. The molecule has 2 bridgehead atoms. The number of amides is 1. The average molecular weight is 672 g/mol. The zero-order valence-electron chi connectivity index (χ0n) is 27.0. The van der Waals surface area contributed by atoms with E-state index in [0.29, 0.717) is 45.7 Å². The van der Waals surface area contributed by atoms with Gasteiger partial charge in [0.05, 0.1) is 34.8 Å². The Balaban J connectivity index is 1.21. The van der Waals surface area contributed by atoms with Gasteiger partial charge in [-0.1, -0.05) is 30.7 Å².